The maximum Gasteiger partial charge on any atom is 0.416 e. The topological polar surface area (TPSA) is 61.8 Å². The van der Waals surface area contributed by atoms with E-state index in [1.807, 2.05) is 34.1 Å². The van der Waals surface area contributed by atoms with Crippen LogP contribution in [0.5, 0.6) is 5.75 Å². The lowest BCUT2D eigenvalue weighted by atomic mass is 9.95. The number of halogens is 3. The fourth-order valence-electron chi connectivity index (χ4n) is 5.05. The van der Waals surface area contributed by atoms with Crippen LogP contribution in [0.2, 0.25) is 0 Å². The number of amides is 1. The first kappa shape index (κ1) is 26.3. The molecule has 1 amide bonds. The zero-order valence-electron chi connectivity index (χ0n) is 21.2. The highest BCUT2D eigenvalue weighted by Gasteiger charge is 2.33. The molecule has 0 aliphatic carbocycles. The summed E-state index contributed by atoms with van der Waals surface area (Å²) in [6.07, 6.45) is -2.24. The molecule has 2 aliphatic rings. The number of nitrogens with zero attached hydrogens (tertiary/aromatic N) is 5. The maximum absolute atomic E-state index is 13.2. The SMILES string of the molecule is COc1cccc(Cc2nsc(N3CCC(C(=O)N4CCN(c5cccc(C(F)(F)F)c5)CC4)CC3)n2)c1. The van der Waals surface area contributed by atoms with Gasteiger partial charge in [0.25, 0.3) is 0 Å². The van der Waals surface area contributed by atoms with Crippen molar-refractivity contribution in [3.8, 4) is 5.75 Å². The third-order valence-electron chi connectivity index (χ3n) is 7.20. The Hall–Kier alpha value is -3.34. The summed E-state index contributed by atoms with van der Waals surface area (Å²) in [7, 11) is 1.65. The molecule has 0 bridgehead atoms. The molecule has 0 N–H and O–H groups in total. The number of carbonyl (C=O) groups excluding carboxylic acids is 1. The highest BCUT2D eigenvalue weighted by atomic mass is 32.1. The van der Waals surface area contributed by atoms with E-state index in [0.717, 1.165) is 54.3 Å². The van der Waals surface area contributed by atoms with Crippen LogP contribution in [-0.2, 0) is 17.4 Å². The number of benzene rings is 2. The van der Waals surface area contributed by atoms with Gasteiger partial charge in [0.1, 0.15) is 11.6 Å². The van der Waals surface area contributed by atoms with Crippen molar-refractivity contribution in [2.24, 2.45) is 5.92 Å². The minimum atomic E-state index is -4.37. The number of piperidine rings is 1. The van der Waals surface area contributed by atoms with Crippen LogP contribution in [0.4, 0.5) is 24.0 Å². The van der Waals surface area contributed by atoms with E-state index in [0.29, 0.717) is 38.3 Å². The first-order valence-corrected chi connectivity index (χ1v) is 13.5. The third-order valence-corrected chi connectivity index (χ3v) is 8.01. The number of anilines is 2. The molecular formula is C27H30F3N5O2S. The van der Waals surface area contributed by atoms with E-state index in [4.69, 9.17) is 9.72 Å². The average Bonchev–Trinajstić information content (AvgIpc) is 3.41. The Morgan fingerprint density at radius 1 is 1.00 bits per heavy atom. The average molecular weight is 546 g/mol. The monoisotopic (exact) mass is 545 g/mol. The molecule has 2 saturated heterocycles. The van der Waals surface area contributed by atoms with Gasteiger partial charge < -0.3 is 19.4 Å². The molecule has 0 spiro atoms. The van der Waals surface area contributed by atoms with E-state index in [1.54, 1.807) is 13.2 Å². The van der Waals surface area contributed by atoms with Gasteiger partial charge in [0.05, 0.1) is 12.7 Å². The molecule has 7 nitrogen and oxygen atoms in total. The lowest BCUT2D eigenvalue weighted by Crippen LogP contribution is -2.51. The van der Waals surface area contributed by atoms with Gasteiger partial charge in [0.15, 0.2) is 0 Å². The number of hydrogen-bond acceptors (Lipinski definition) is 7. The largest absolute Gasteiger partial charge is 0.497 e. The quantitative estimate of drug-likeness (QED) is 0.447. The Balaban J connectivity index is 1.11. The summed E-state index contributed by atoms with van der Waals surface area (Å²) in [6.45, 7) is 3.56. The van der Waals surface area contributed by atoms with Gasteiger partial charge in [0, 0.05) is 68.8 Å². The van der Waals surface area contributed by atoms with Crippen LogP contribution in [0.3, 0.4) is 0 Å². The maximum atomic E-state index is 13.2. The van der Waals surface area contributed by atoms with E-state index >= 15 is 0 Å². The first-order chi connectivity index (χ1) is 18.3. The van der Waals surface area contributed by atoms with Crippen molar-refractivity contribution in [1.29, 1.82) is 0 Å². The van der Waals surface area contributed by atoms with Gasteiger partial charge in [-0.25, -0.2) is 4.98 Å². The zero-order chi connectivity index (χ0) is 26.7. The molecule has 2 aliphatic heterocycles. The number of rotatable bonds is 6. The summed E-state index contributed by atoms with van der Waals surface area (Å²) in [4.78, 5) is 23.9. The molecule has 5 rings (SSSR count). The second-order valence-corrected chi connectivity index (χ2v) is 10.4. The molecular weight excluding hydrogens is 515 g/mol. The normalized spacial score (nSPS) is 17.1. The number of methoxy groups -OCH3 is 1. The summed E-state index contributed by atoms with van der Waals surface area (Å²) < 4.78 is 49.0. The number of carbonyl (C=O) groups is 1. The smallest absolute Gasteiger partial charge is 0.416 e. The minimum Gasteiger partial charge on any atom is -0.497 e. The van der Waals surface area contributed by atoms with Crippen molar-refractivity contribution in [2.45, 2.75) is 25.4 Å². The minimum absolute atomic E-state index is 0.0458. The van der Waals surface area contributed by atoms with Crippen LogP contribution in [-0.4, -0.2) is 66.5 Å². The van der Waals surface area contributed by atoms with Crippen molar-refractivity contribution in [3.63, 3.8) is 0 Å². The van der Waals surface area contributed by atoms with Crippen LogP contribution < -0.4 is 14.5 Å². The van der Waals surface area contributed by atoms with Gasteiger partial charge in [-0.1, -0.05) is 18.2 Å². The molecule has 3 aromatic rings. The Labute approximate surface area is 224 Å². The van der Waals surface area contributed by atoms with Gasteiger partial charge in [-0.3, -0.25) is 4.79 Å². The van der Waals surface area contributed by atoms with Gasteiger partial charge in [-0.05, 0) is 48.7 Å². The summed E-state index contributed by atoms with van der Waals surface area (Å²) in [5, 5.41) is 0.878. The van der Waals surface area contributed by atoms with Gasteiger partial charge in [-0.2, -0.15) is 17.5 Å². The highest BCUT2D eigenvalue weighted by molar-refractivity contribution is 7.09. The highest BCUT2D eigenvalue weighted by Crippen LogP contribution is 2.32. The second-order valence-electron chi connectivity index (χ2n) is 9.64. The first-order valence-electron chi connectivity index (χ1n) is 12.7. The number of alkyl halides is 3. The second kappa shape index (κ2) is 11.2. The predicted octanol–water partition coefficient (Wildman–Crippen LogP) is 4.72. The number of hydrogen-bond donors (Lipinski definition) is 0. The molecule has 3 heterocycles. The molecule has 2 fully saturated rings. The third kappa shape index (κ3) is 6.03. The van der Waals surface area contributed by atoms with Crippen LogP contribution in [0.1, 0.15) is 29.8 Å². The van der Waals surface area contributed by atoms with Crippen molar-refractivity contribution < 1.29 is 22.7 Å². The molecule has 0 unspecified atom stereocenters. The number of piperazine rings is 1. The van der Waals surface area contributed by atoms with Crippen molar-refractivity contribution in [3.05, 3.63) is 65.5 Å². The molecule has 1 aromatic heterocycles. The lowest BCUT2D eigenvalue weighted by molar-refractivity contribution is -0.137. The lowest BCUT2D eigenvalue weighted by Gasteiger charge is -2.39. The predicted molar refractivity (Wildman–Crippen MR) is 141 cm³/mol. The molecule has 2 aromatic carbocycles. The fraction of sp³-hybridized carbons (Fsp3) is 0.444. The van der Waals surface area contributed by atoms with Crippen molar-refractivity contribution in [1.82, 2.24) is 14.3 Å². The molecule has 0 radical (unpaired) electrons. The van der Waals surface area contributed by atoms with Crippen LogP contribution in [0.15, 0.2) is 48.5 Å². The Kier molecular flexibility index (Phi) is 7.73. The molecule has 202 valence electrons. The van der Waals surface area contributed by atoms with Crippen LogP contribution in [0.25, 0.3) is 0 Å². The van der Waals surface area contributed by atoms with Crippen LogP contribution >= 0.6 is 11.5 Å². The molecule has 0 atom stereocenters. The van der Waals surface area contributed by atoms with Crippen LogP contribution in [0, 0.1) is 5.92 Å². The zero-order valence-corrected chi connectivity index (χ0v) is 22.0. The summed E-state index contributed by atoms with van der Waals surface area (Å²) in [5.41, 5.74) is 0.984. The van der Waals surface area contributed by atoms with E-state index < -0.39 is 11.7 Å². The molecule has 38 heavy (non-hydrogen) atoms. The number of aromatic nitrogens is 2. The van der Waals surface area contributed by atoms with Gasteiger partial charge in [-0.15, -0.1) is 0 Å². The summed E-state index contributed by atoms with van der Waals surface area (Å²) in [5.74, 6) is 1.68. The van der Waals surface area contributed by atoms with Gasteiger partial charge in [0.2, 0.25) is 11.0 Å². The Bertz CT molecular complexity index is 1250. The molecule has 0 saturated carbocycles. The van der Waals surface area contributed by atoms with E-state index in [-0.39, 0.29) is 11.8 Å². The van der Waals surface area contributed by atoms with E-state index in [2.05, 4.69) is 9.27 Å². The van der Waals surface area contributed by atoms with Gasteiger partial charge >= 0.3 is 6.18 Å². The standard InChI is InChI=1S/C27H30F3N5O2S/c1-37-23-7-2-4-19(16-23)17-24-31-26(38-32-24)35-10-8-20(9-11-35)25(36)34-14-12-33(13-15-34)22-6-3-5-21(18-22)27(28,29)30/h2-7,16,18,20H,8-15,17H2,1H3. The molecule has 11 heteroatoms. The fourth-order valence-corrected chi connectivity index (χ4v) is 5.79. The van der Waals surface area contributed by atoms with Crippen molar-refractivity contribution in [2.75, 3.05) is 56.2 Å². The summed E-state index contributed by atoms with van der Waals surface area (Å²) >= 11 is 1.39. The van der Waals surface area contributed by atoms with Crippen molar-refractivity contribution >= 4 is 28.3 Å². The Morgan fingerprint density at radius 2 is 1.74 bits per heavy atom. The Morgan fingerprint density at radius 3 is 2.45 bits per heavy atom. The summed E-state index contributed by atoms with van der Waals surface area (Å²) in [6, 6.07) is 13.3. The number of ether oxygens (including phenoxy) is 1. The van der Waals surface area contributed by atoms with E-state index in [1.165, 1.54) is 23.7 Å². The van der Waals surface area contributed by atoms with E-state index in [9.17, 15) is 18.0 Å².